The minimum Gasteiger partial charge on any atom is -0.486 e. The molecule has 0 saturated heterocycles. The van der Waals surface area contributed by atoms with E-state index >= 15 is 0 Å². The van der Waals surface area contributed by atoms with Gasteiger partial charge in [-0.2, -0.15) is 0 Å². The molecule has 1 aliphatic rings. The monoisotopic (exact) mass is 393 g/mol. The van der Waals surface area contributed by atoms with Crippen molar-refractivity contribution >= 4 is 39.9 Å². The first-order chi connectivity index (χ1) is 13.7. The Bertz CT molecular complexity index is 1030. The molecular weight excluding hydrogens is 374 g/mol. The van der Waals surface area contributed by atoms with Gasteiger partial charge >= 0.3 is 0 Å². The minimum atomic E-state index is -0.128. The molecule has 0 aliphatic carbocycles. The molecule has 0 radical (unpaired) electrons. The van der Waals surface area contributed by atoms with Gasteiger partial charge < -0.3 is 14.8 Å². The Morgan fingerprint density at radius 1 is 0.893 bits per heavy atom. The second-order valence-corrected chi connectivity index (χ2v) is 7.33. The summed E-state index contributed by atoms with van der Waals surface area (Å²) in [7, 11) is 0. The maximum atomic E-state index is 12.4. The molecule has 6 heteroatoms. The van der Waals surface area contributed by atoms with Crippen molar-refractivity contribution < 1.29 is 19.1 Å². The van der Waals surface area contributed by atoms with E-state index in [9.17, 15) is 9.59 Å². The zero-order valence-electron chi connectivity index (χ0n) is 15.1. The highest BCUT2D eigenvalue weighted by atomic mass is 32.2. The van der Waals surface area contributed by atoms with Gasteiger partial charge in [-0.05, 0) is 29.7 Å². The molecule has 0 bridgehead atoms. The Hall–Kier alpha value is -2.99. The van der Waals surface area contributed by atoms with Crippen molar-refractivity contribution in [3.05, 3.63) is 66.2 Å². The average molecular weight is 393 g/mol. The van der Waals surface area contributed by atoms with Gasteiger partial charge in [0.25, 0.3) is 0 Å². The summed E-state index contributed by atoms with van der Waals surface area (Å²) in [4.78, 5) is 24.7. The van der Waals surface area contributed by atoms with Crippen LogP contribution in [-0.2, 0) is 4.79 Å². The lowest BCUT2D eigenvalue weighted by Gasteiger charge is -2.18. The largest absolute Gasteiger partial charge is 0.486 e. The van der Waals surface area contributed by atoms with Crippen LogP contribution in [-0.4, -0.2) is 36.4 Å². The van der Waals surface area contributed by atoms with Crippen molar-refractivity contribution in [1.29, 1.82) is 0 Å². The number of carbonyl (C=O) groups excluding carboxylic acids is 2. The van der Waals surface area contributed by atoms with E-state index < -0.39 is 0 Å². The number of ketones is 1. The number of Topliss-reactive ketones (excluding diaryl/α,β-unsaturated/α-hetero) is 1. The van der Waals surface area contributed by atoms with Crippen molar-refractivity contribution in [2.75, 3.05) is 30.0 Å². The number of nitrogens with one attached hydrogen (secondary N) is 1. The van der Waals surface area contributed by atoms with Crippen LogP contribution in [0.5, 0.6) is 11.5 Å². The molecule has 3 aromatic carbocycles. The van der Waals surface area contributed by atoms with E-state index in [1.54, 1.807) is 18.2 Å². The first-order valence-corrected chi connectivity index (χ1v) is 10.1. The van der Waals surface area contributed by atoms with Crippen LogP contribution in [0.1, 0.15) is 10.4 Å². The summed E-state index contributed by atoms with van der Waals surface area (Å²) in [6.45, 7) is 0.996. The molecular formula is C22H19NO4S. The molecule has 28 heavy (non-hydrogen) atoms. The van der Waals surface area contributed by atoms with Crippen molar-refractivity contribution in [2.45, 2.75) is 0 Å². The van der Waals surface area contributed by atoms with Gasteiger partial charge in [-0.3, -0.25) is 9.59 Å². The standard InChI is InChI=1S/C22H19NO4S/c24-19(16-8-9-20-21(12-16)27-11-10-26-20)13-28-14-22(25)23-18-7-3-5-15-4-1-2-6-17(15)18/h1-9,12H,10-11,13-14H2,(H,23,25). The number of hydrogen-bond donors (Lipinski definition) is 1. The zero-order chi connectivity index (χ0) is 19.3. The van der Waals surface area contributed by atoms with Crippen LogP contribution in [0.4, 0.5) is 5.69 Å². The van der Waals surface area contributed by atoms with Crippen LogP contribution in [0.15, 0.2) is 60.7 Å². The minimum absolute atomic E-state index is 0.0417. The number of anilines is 1. The Labute approximate surface area is 167 Å². The molecule has 1 amide bonds. The van der Waals surface area contributed by atoms with E-state index in [2.05, 4.69) is 5.32 Å². The summed E-state index contributed by atoms with van der Waals surface area (Å²) in [5.41, 5.74) is 1.34. The van der Waals surface area contributed by atoms with Crippen molar-refractivity contribution in [3.8, 4) is 11.5 Å². The van der Waals surface area contributed by atoms with Gasteiger partial charge in [-0.1, -0.05) is 36.4 Å². The zero-order valence-corrected chi connectivity index (χ0v) is 16.0. The number of benzene rings is 3. The Morgan fingerprint density at radius 2 is 1.68 bits per heavy atom. The van der Waals surface area contributed by atoms with Crippen LogP contribution in [0.3, 0.4) is 0 Å². The molecule has 1 aliphatic heterocycles. The molecule has 0 atom stereocenters. The lowest BCUT2D eigenvalue weighted by atomic mass is 10.1. The SMILES string of the molecule is O=C(CSCC(=O)c1ccc2c(c1)OCCO2)Nc1cccc2ccccc12. The van der Waals surface area contributed by atoms with Crippen molar-refractivity contribution in [2.24, 2.45) is 0 Å². The first-order valence-electron chi connectivity index (χ1n) is 8.99. The molecule has 4 rings (SSSR count). The quantitative estimate of drug-likeness (QED) is 0.637. The second-order valence-electron chi connectivity index (χ2n) is 6.35. The lowest BCUT2D eigenvalue weighted by molar-refractivity contribution is -0.113. The van der Waals surface area contributed by atoms with E-state index in [1.807, 2.05) is 42.5 Å². The fraction of sp³-hybridized carbons (Fsp3) is 0.182. The van der Waals surface area contributed by atoms with E-state index in [4.69, 9.17) is 9.47 Å². The van der Waals surface area contributed by atoms with Gasteiger partial charge in [0, 0.05) is 16.6 Å². The van der Waals surface area contributed by atoms with Crippen LogP contribution in [0, 0.1) is 0 Å². The summed E-state index contributed by atoms with van der Waals surface area (Å²) in [5.74, 6) is 1.51. The first kappa shape index (κ1) is 18.4. The smallest absolute Gasteiger partial charge is 0.234 e. The summed E-state index contributed by atoms with van der Waals surface area (Å²) in [6, 6.07) is 18.9. The van der Waals surface area contributed by atoms with E-state index in [0.717, 1.165) is 16.5 Å². The molecule has 3 aromatic rings. The number of rotatable bonds is 6. The third-order valence-electron chi connectivity index (χ3n) is 4.39. The number of thioether (sulfide) groups is 1. The fourth-order valence-electron chi connectivity index (χ4n) is 3.06. The number of ether oxygens (including phenoxy) is 2. The highest BCUT2D eigenvalue weighted by molar-refractivity contribution is 8.00. The number of hydrogen-bond acceptors (Lipinski definition) is 5. The molecule has 1 N–H and O–H groups in total. The predicted molar refractivity (Wildman–Crippen MR) is 112 cm³/mol. The molecule has 0 fully saturated rings. The Balaban J connectivity index is 1.32. The van der Waals surface area contributed by atoms with Gasteiger partial charge in [0.1, 0.15) is 13.2 Å². The van der Waals surface area contributed by atoms with E-state index in [1.165, 1.54) is 11.8 Å². The van der Waals surface area contributed by atoms with Crippen molar-refractivity contribution in [3.63, 3.8) is 0 Å². The summed E-state index contributed by atoms with van der Waals surface area (Å²) in [6.07, 6.45) is 0. The normalized spacial score (nSPS) is 12.6. The molecule has 142 valence electrons. The highest BCUT2D eigenvalue weighted by Gasteiger charge is 2.15. The molecule has 0 aromatic heterocycles. The average Bonchev–Trinajstić information content (AvgIpc) is 2.73. The van der Waals surface area contributed by atoms with Crippen LogP contribution in [0.25, 0.3) is 10.8 Å². The molecule has 5 nitrogen and oxygen atoms in total. The fourth-order valence-corrected chi connectivity index (χ4v) is 3.77. The second kappa shape index (κ2) is 8.35. The molecule has 0 saturated carbocycles. The van der Waals surface area contributed by atoms with Crippen LogP contribution < -0.4 is 14.8 Å². The summed E-state index contributed by atoms with van der Waals surface area (Å²) in [5, 5.41) is 5.00. The molecule has 1 heterocycles. The number of carbonyl (C=O) groups is 2. The van der Waals surface area contributed by atoms with Gasteiger partial charge in [0.15, 0.2) is 17.3 Å². The molecule has 0 unspecified atom stereocenters. The van der Waals surface area contributed by atoms with E-state index in [0.29, 0.717) is 30.3 Å². The number of amides is 1. The van der Waals surface area contributed by atoms with Gasteiger partial charge in [-0.15, -0.1) is 11.8 Å². The maximum Gasteiger partial charge on any atom is 0.234 e. The highest BCUT2D eigenvalue weighted by Crippen LogP contribution is 2.31. The summed E-state index contributed by atoms with van der Waals surface area (Å²) >= 11 is 1.29. The van der Waals surface area contributed by atoms with Gasteiger partial charge in [-0.25, -0.2) is 0 Å². The maximum absolute atomic E-state index is 12.4. The van der Waals surface area contributed by atoms with E-state index in [-0.39, 0.29) is 23.2 Å². The topological polar surface area (TPSA) is 64.6 Å². The predicted octanol–water partition coefficient (Wildman–Crippen LogP) is 4.17. The Kier molecular flexibility index (Phi) is 5.48. The lowest BCUT2D eigenvalue weighted by Crippen LogP contribution is -2.17. The third-order valence-corrected chi connectivity index (χ3v) is 5.33. The third kappa shape index (κ3) is 4.12. The van der Waals surface area contributed by atoms with Gasteiger partial charge in [0.2, 0.25) is 5.91 Å². The number of fused-ring (bicyclic) bond motifs is 2. The molecule has 0 spiro atoms. The van der Waals surface area contributed by atoms with Crippen molar-refractivity contribution in [1.82, 2.24) is 0 Å². The Morgan fingerprint density at radius 3 is 2.57 bits per heavy atom. The summed E-state index contributed by atoms with van der Waals surface area (Å²) < 4.78 is 11.0. The van der Waals surface area contributed by atoms with Crippen LogP contribution in [0.2, 0.25) is 0 Å². The van der Waals surface area contributed by atoms with Gasteiger partial charge in [0.05, 0.1) is 11.5 Å². The van der Waals surface area contributed by atoms with Crippen LogP contribution >= 0.6 is 11.8 Å².